The number of sulfonamides is 1. The molecule has 0 radical (unpaired) electrons. The van der Waals surface area contributed by atoms with Crippen molar-refractivity contribution >= 4 is 46.3 Å². The van der Waals surface area contributed by atoms with E-state index in [0.717, 1.165) is 62.5 Å². The first-order valence-corrected chi connectivity index (χ1v) is 19.5. The number of unbranched alkanes of at least 4 members (excludes halogenated alkanes) is 7. The Labute approximate surface area is 311 Å². The van der Waals surface area contributed by atoms with Gasteiger partial charge >= 0.3 is 0 Å². The van der Waals surface area contributed by atoms with Gasteiger partial charge in [-0.05, 0) is 50.1 Å². The van der Waals surface area contributed by atoms with Crippen molar-refractivity contribution in [2.24, 2.45) is 5.14 Å². The van der Waals surface area contributed by atoms with Gasteiger partial charge in [0, 0.05) is 24.4 Å². The van der Waals surface area contributed by atoms with Crippen LogP contribution >= 0.6 is 12.6 Å². The maximum Gasteiger partial charge on any atom is 0.271 e. The molecule has 16 heteroatoms. The fourth-order valence-corrected chi connectivity index (χ4v) is 5.69. The van der Waals surface area contributed by atoms with E-state index in [4.69, 9.17) is 5.14 Å². The minimum absolute atomic E-state index is 0.00995. The third-order valence-corrected chi connectivity index (χ3v) is 9.21. The first-order valence-electron chi connectivity index (χ1n) is 17.3. The van der Waals surface area contributed by atoms with Gasteiger partial charge in [-0.15, -0.1) is 0 Å². The van der Waals surface area contributed by atoms with Crippen molar-refractivity contribution < 1.29 is 27.6 Å². The van der Waals surface area contributed by atoms with E-state index < -0.39 is 10.0 Å². The predicted molar refractivity (Wildman–Crippen MR) is 204 cm³/mol. The highest BCUT2D eigenvalue weighted by molar-refractivity contribution is 7.89. The van der Waals surface area contributed by atoms with E-state index in [1.165, 1.54) is 12.1 Å². The van der Waals surface area contributed by atoms with E-state index in [9.17, 15) is 27.6 Å². The third kappa shape index (κ3) is 14.9. The number of aromatic nitrogens is 2. The second kappa shape index (κ2) is 21.6. The van der Waals surface area contributed by atoms with Crippen LogP contribution in [0, 0.1) is 6.92 Å². The first-order chi connectivity index (χ1) is 24.9. The van der Waals surface area contributed by atoms with Crippen molar-refractivity contribution in [3.8, 4) is 16.9 Å². The van der Waals surface area contributed by atoms with Crippen LogP contribution in [0.25, 0.3) is 16.9 Å². The van der Waals surface area contributed by atoms with Gasteiger partial charge in [-0.2, -0.15) is 17.7 Å². The van der Waals surface area contributed by atoms with Crippen LogP contribution < -0.4 is 31.7 Å². The SMILES string of the molecule is C=C(CNC(=O)CS)NCC(=O)NCC(=O)NCCCCCCCCCCNC(=O)c1cc(-c2ccc(C)cc2)n(-c2ccc(S(N)(=O)=O)cc2)n1. The van der Waals surface area contributed by atoms with E-state index in [1.54, 1.807) is 22.9 Å². The molecule has 282 valence electrons. The van der Waals surface area contributed by atoms with Crippen molar-refractivity contribution in [2.45, 2.75) is 63.2 Å². The molecule has 7 N–H and O–H groups in total. The summed E-state index contributed by atoms with van der Waals surface area (Å²) in [4.78, 5) is 48.1. The van der Waals surface area contributed by atoms with Gasteiger partial charge in [0.2, 0.25) is 27.7 Å². The summed E-state index contributed by atoms with van der Waals surface area (Å²) in [6.45, 7) is 6.81. The van der Waals surface area contributed by atoms with Crippen LogP contribution in [0.5, 0.6) is 0 Å². The Balaban J connectivity index is 1.27. The molecule has 3 rings (SSSR count). The first kappa shape index (κ1) is 41.7. The average Bonchev–Trinajstić information content (AvgIpc) is 3.58. The van der Waals surface area contributed by atoms with Crippen molar-refractivity contribution in [1.82, 2.24) is 36.4 Å². The largest absolute Gasteiger partial charge is 0.379 e. The van der Waals surface area contributed by atoms with Gasteiger partial charge in [0.25, 0.3) is 5.91 Å². The van der Waals surface area contributed by atoms with Crippen LogP contribution in [0.4, 0.5) is 0 Å². The molecule has 0 aliphatic carbocycles. The molecule has 0 aliphatic heterocycles. The standard InChI is InChI=1S/C36H50N8O6S2/c1-26-11-13-28(14-12-26)32-21-31(43-44(32)29-15-17-30(18-16-29)52(37,49)50)36(48)39-20-10-8-6-4-3-5-7-9-19-38-33(45)24-42-34(46)23-40-27(2)22-41-35(47)25-51/h11-18,21,40,51H,2-10,19-20,22-25H2,1H3,(H,38,45)(H,39,48)(H,41,47)(H,42,46)(H2,37,49,50). The van der Waals surface area contributed by atoms with Gasteiger partial charge in [0.15, 0.2) is 5.69 Å². The zero-order valence-corrected chi connectivity index (χ0v) is 31.3. The maximum absolute atomic E-state index is 13.0. The number of amides is 4. The molecule has 2 aromatic carbocycles. The van der Waals surface area contributed by atoms with Crippen molar-refractivity contribution in [3.05, 3.63) is 78.1 Å². The summed E-state index contributed by atoms with van der Waals surface area (Å²) >= 11 is 3.86. The molecular formula is C36H50N8O6S2. The van der Waals surface area contributed by atoms with Gasteiger partial charge in [-0.25, -0.2) is 18.2 Å². The highest BCUT2D eigenvalue weighted by atomic mass is 32.2. The number of hydrogen-bond acceptors (Lipinski definition) is 9. The Kier molecular flexibility index (Phi) is 17.4. The van der Waals surface area contributed by atoms with Crippen molar-refractivity contribution in [1.29, 1.82) is 0 Å². The number of nitrogens with one attached hydrogen (secondary N) is 5. The molecule has 4 amide bonds. The van der Waals surface area contributed by atoms with Gasteiger partial charge in [0.1, 0.15) is 0 Å². The number of nitrogens with two attached hydrogens (primary N) is 1. The van der Waals surface area contributed by atoms with Crippen LogP contribution in [0.3, 0.4) is 0 Å². The third-order valence-electron chi connectivity index (χ3n) is 8.00. The minimum Gasteiger partial charge on any atom is -0.379 e. The van der Waals surface area contributed by atoms with Gasteiger partial charge in [-0.1, -0.05) is 74.9 Å². The topological polar surface area (TPSA) is 206 Å². The number of primary sulfonamides is 1. The summed E-state index contributed by atoms with van der Waals surface area (Å²) in [5.41, 5.74) is 3.98. The molecule has 1 heterocycles. The van der Waals surface area contributed by atoms with Gasteiger partial charge < -0.3 is 26.6 Å². The van der Waals surface area contributed by atoms with E-state index >= 15 is 0 Å². The average molecular weight is 755 g/mol. The summed E-state index contributed by atoms with van der Waals surface area (Å²) in [5, 5.41) is 23.5. The number of rotatable bonds is 23. The fourth-order valence-electron chi connectivity index (χ4n) is 5.06. The highest BCUT2D eigenvalue weighted by Crippen LogP contribution is 2.25. The molecule has 0 saturated heterocycles. The lowest BCUT2D eigenvalue weighted by molar-refractivity contribution is -0.125. The Bertz CT molecular complexity index is 1760. The number of carbonyl (C=O) groups excluding carboxylic acids is 4. The summed E-state index contributed by atoms with van der Waals surface area (Å²) in [6.07, 6.45) is 7.96. The van der Waals surface area contributed by atoms with Crippen molar-refractivity contribution in [3.63, 3.8) is 0 Å². The Morgan fingerprint density at radius 1 is 0.731 bits per heavy atom. The smallest absolute Gasteiger partial charge is 0.271 e. The monoisotopic (exact) mass is 754 g/mol. The molecule has 1 aromatic heterocycles. The molecule has 0 unspecified atom stereocenters. The lowest BCUT2D eigenvalue weighted by Gasteiger charge is -2.11. The summed E-state index contributed by atoms with van der Waals surface area (Å²) < 4.78 is 25.1. The van der Waals surface area contributed by atoms with Gasteiger partial charge in [0.05, 0.1) is 41.7 Å². The Hall–Kier alpha value is -4.67. The van der Waals surface area contributed by atoms with Crippen LogP contribution in [0.1, 0.15) is 67.4 Å². The van der Waals surface area contributed by atoms with Gasteiger partial charge in [-0.3, -0.25) is 19.2 Å². The van der Waals surface area contributed by atoms with Crippen LogP contribution in [0.2, 0.25) is 0 Å². The summed E-state index contributed by atoms with van der Waals surface area (Å²) in [6, 6.07) is 15.6. The Morgan fingerprint density at radius 3 is 1.87 bits per heavy atom. The fraction of sp³-hybridized carbons (Fsp3) is 0.417. The number of thiol groups is 1. The Morgan fingerprint density at radius 2 is 1.27 bits per heavy atom. The number of benzene rings is 2. The second-order valence-electron chi connectivity index (χ2n) is 12.3. The number of nitrogens with zero attached hydrogens (tertiary/aromatic N) is 2. The number of hydrogen-bond donors (Lipinski definition) is 7. The van der Waals surface area contributed by atoms with Crippen LogP contribution in [-0.2, 0) is 24.4 Å². The van der Waals surface area contributed by atoms with E-state index in [2.05, 4.69) is 50.9 Å². The molecule has 0 bridgehead atoms. The number of aryl methyl sites for hydroxylation is 1. The summed E-state index contributed by atoms with van der Waals surface area (Å²) in [7, 11) is -3.84. The quantitative estimate of drug-likeness (QED) is 0.0565. The molecule has 0 aliphatic rings. The van der Waals surface area contributed by atoms with Crippen molar-refractivity contribution in [2.75, 3.05) is 38.5 Å². The van der Waals surface area contributed by atoms with E-state index in [-0.39, 0.29) is 59.6 Å². The second-order valence-corrected chi connectivity index (χ2v) is 14.2. The molecule has 0 spiro atoms. The molecule has 14 nitrogen and oxygen atoms in total. The maximum atomic E-state index is 13.0. The predicted octanol–water partition coefficient (Wildman–Crippen LogP) is 2.73. The molecule has 3 aromatic rings. The van der Waals surface area contributed by atoms with E-state index in [1.807, 2.05) is 31.2 Å². The molecular weight excluding hydrogens is 705 g/mol. The molecule has 0 saturated carbocycles. The summed E-state index contributed by atoms with van der Waals surface area (Å²) in [5.74, 6) is -1.06. The van der Waals surface area contributed by atoms with Crippen LogP contribution in [0.15, 0.2) is 71.8 Å². The highest BCUT2D eigenvalue weighted by Gasteiger charge is 2.17. The lowest BCUT2D eigenvalue weighted by Crippen LogP contribution is -2.41. The minimum atomic E-state index is -3.84. The molecule has 0 fully saturated rings. The molecule has 0 atom stereocenters. The molecule has 52 heavy (non-hydrogen) atoms. The zero-order valence-electron chi connectivity index (χ0n) is 29.6. The van der Waals surface area contributed by atoms with Crippen LogP contribution in [-0.4, -0.2) is 80.3 Å². The zero-order chi connectivity index (χ0) is 37.9. The number of carbonyl (C=O) groups is 4. The van der Waals surface area contributed by atoms with E-state index in [0.29, 0.717) is 30.2 Å². The lowest BCUT2D eigenvalue weighted by atomic mass is 10.1. The normalized spacial score (nSPS) is 11.1.